The summed E-state index contributed by atoms with van der Waals surface area (Å²) in [6.07, 6.45) is -3.50. The molecular formula is C12H8ClF3N2O2. The maximum absolute atomic E-state index is 12.0. The van der Waals surface area contributed by atoms with Gasteiger partial charge >= 0.3 is 6.36 Å². The van der Waals surface area contributed by atoms with Gasteiger partial charge in [0.05, 0.1) is 0 Å². The molecule has 8 heteroatoms. The smallest absolute Gasteiger partial charge is 0.439 e. The molecule has 0 fully saturated rings. The molecule has 1 heterocycles. The van der Waals surface area contributed by atoms with Gasteiger partial charge in [-0.1, -0.05) is 11.6 Å². The van der Waals surface area contributed by atoms with Crippen molar-refractivity contribution in [2.24, 2.45) is 0 Å². The van der Waals surface area contributed by atoms with Crippen molar-refractivity contribution < 1.29 is 22.6 Å². The number of aromatic nitrogens is 2. The molecule has 2 aromatic rings. The molecule has 20 heavy (non-hydrogen) atoms. The highest BCUT2D eigenvalue weighted by atomic mass is 35.5. The molecule has 0 saturated heterocycles. The second kappa shape index (κ2) is 5.54. The van der Waals surface area contributed by atoms with Crippen molar-refractivity contribution in [3.8, 4) is 17.4 Å². The first-order chi connectivity index (χ1) is 9.35. The summed E-state index contributed by atoms with van der Waals surface area (Å²) >= 11 is 5.80. The number of hydrogen-bond acceptors (Lipinski definition) is 4. The summed E-state index contributed by atoms with van der Waals surface area (Å²) in [5.41, 5.74) is 0.532. The molecule has 0 saturated carbocycles. The largest absolute Gasteiger partial charge is 0.573 e. The zero-order chi connectivity index (χ0) is 14.8. The fraction of sp³-hybridized carbons (Fsp3) is 0.167. The third-order valence-electron chi connectivity index (χ3n) is 2.25. The van der Waals surface area contributed by atoms with Gasteiger partial charge in [-0.05, 0) is 31.2 Å². The lowest BCUT2D eigenvalue weighted by Gasteiger charge is -2.10. The summed E-state index contributed by atoms with van der Waals surface area (Å²) in [4.78, 5) is 7.65. The average Bonchev–Trinajstić information content (AvgIpc) is 2.35. The van der Waals surface area contributed by atoms with Gasteiger partial charge in [-0.25, -0.2) is 9.97 Å². The molecule has 0 aliphatic heterocycles. The number of nitrogens with zero attached hydrogens (tertiary/aromatic N) is 2. The fourth-order valence-electron chi connectivity index (χ4n) is 1.34. The van der Waals surface area contributed by atoms with Crippen molar-refractivity contribution >= 4 is 11.6 Å². The highest BCUT2D eigenvalue weighted by Crippen LogP contribution is 2.28. The Bertz CT molecular complexity index is 603. The minimum Gasteiger partial charge on any atom is -0.439 e. The summed E-state index contributed by atoms with van der Waals surface area (Å²) in [5, 5.41) is 0.243. The number of hydrogen-bond donors (Lipinski definition) is 0. The number of ether oxygens (including phenoxy) is 2. The Hall–Kier alpha value is -2.02. The molecular weight excluding hydrogens is 297 g/mol. The van der Waals surface area contributed by atoms with E-state index in [0.717, 1.165) is 12.1 Å². The number of alkyl halides is 3. The van der Waals surface area contributed by atoms with Crippen LogP contribution in [0, 0.1) is 6.92 Å². The van der Waals surface area contributed by atoms with Gasteiger partial charge in [0.2, 0.25) is 5.88 Å². The van der Waals surface area contributed by atoms with E-state index in [4.69, 9.17) is 16.3 Å². The molecule has 106 valence electrons. The van der Waals surface area contributed by atoms with Crippen molar-refractivity contribution in [1.29, 1.82) is 0 Å². The van der Waals surface area contributed by atoms with Crippen molar-refractivity contribution in [3.05, 3.63) is 41.3 Å². The molecule has 4 nitrogen and oxygen atoms in total. The fourth-order valence-corrected chi connectivity index (χ4v) is 1.46. The van der Waals surface area contributed by atoms with Crippen LogP contribution in [0.4, 0.5) is 13.2 Å². The topological polar surface area (TPSA) is 44.2 Å². The molecule has 0 amide bonds. The summed E-state index contributed by atoms with van der Waals surface area (Å²) in [7, 11) is 0. The van der Waals surface area contributed by atoms with Gasteiger partial charge in [-0.15, -0.1) is 13.2 Å². The van der Waals surface area contributed by atoms with Crippen LogP contribution in [-0.2, 0) is 0 Å². The molecule has 0 unspecified atom stereocenters. The molecule has 1 aromatic heterocycles. The van der Waals surface area contributed by atoms with E-state index in [9.17, 15) is 13.2 Å². The van der Waals surface area contributed by atoms with Gasteiger partial charge in [0.25, 0.3) is 0 Å². The summed E-state index contributed by atoms with van der Waals surface area (Å²) in [6, 6.07) is 4.94. The zero-order valence-corrected chi connectivity index (χ0v) is 10.9. The van der Waals surface area contributed by atoms with Crippen LogP contribution in [-0.4, -0.2) is 16.3 Å². The van der Waals surface area contributed by atoms with Crippen molar-refractivity contribution in [3.63, 3.8) is 0 Å². The standard InChI is InChI=1S/C12H8ClF3N2O2/c1-7-10(13)17-6-18-11(7)19-8-2-4-9(5-3-8)20-12(14,15)16/h2-6H,1H3. The van der Waals surface area contributed by atoms with Crippen LogP contribution in [0.15, 0.2) is 30.6 Å². The van der Waals surface area contributed by atoms with E-state index in [-0.39, 0.29) is 16.8 Å². The van der Waals surface area contributed by atoms with Crippen LogP contribution in [0.25, 0.3) is 0 Å². The molecule has 1 aromatic carbocycles. The quantitative estimate of drug-likeness (QED) is 0.800. The second-order valence-electron chi connectivity index (χ2n) is 3.72. The van der Waals surface area contributed by atoms with Crippen molar-refractivity contribution in [2.75, 3.05) is 0 Å². The Morgan fingerprint density at radius 1 is 1.05 bits per heavy atom. The number of benzene rings is 1. The monoisotopic (exact) mass is 304 g/mol. The summed E-state index contributed by atoms with van der Waals surface area (Å²) in [6.45, 7) is 1.67. The molecule has 0 atom stereocenters. The maximum Gasteiger partial charge on any atom is 0.573 e. The molecule has 0 radical (unpaired) electrons. The van der Waals surface area contributed by atoms with E-state index in [1.165, 1.54) is 18.5 Å². The molecule has 0 aliphatic rings. The summed E-state index contributed by atoms with van der Waals surface area (Å²) < 4.78 is 45.2. The minimum absolute atomic E-state index is 0.231. The molecule has 0 N–H and O–H groups in total. The molecule has 0 bridgehead atoms. The van der Waals surface area contributed by atoms with E-state index >= 15 is 0 Å². The van der Waals surface area contributed by atoms with E-state index in [2.05, 4.69) is 14.7 Å². The van der Waals surface area contributed by atoms with E-state index in [0.29, 0.717) is 11.3 Å². The van der Waals surface area contributed by atoms with Gasteiger partial charge in [0.1, 0.15) is 23.0 Å². The van der Waals surface area contributed by atoms with Gasteiger partial charge in [-0.3, -0.25) is 0 Å². The van der Waals surface area contributed by atoms with Crippen LogP contribution >= 0.6 is 11.6 Å². The van der Waals surface area contributed by atoms with Crippen LogP contribution in [0.3, 0.4) is 0 Å². The van der Waals surface area contributed by atoms with Crippen LogP contribution in [0.1, 0.15) is 5.56 Å². The van der Waals surface area contributed by atoms with Gasteiger partial charge in [-0.2, -0.15) is 0 Å². The second-order valence-corrected chi connectivity index (χ2v) is 4.07. The third-order valence-corrected chi connectivity index (χ3v) is 2.63. The first-order valence-electron chi connectivity index (χ1n) is 5.36. The van der Waals surface area contributed by atoms with Gasteiger partial charge in [0, 0.05) is 5.56 Å². The predicted octanol–water partition coefficient (Wildman–Crippen LogP) is 4.13. The van der Waals surface area contributed by atoms with E-state index in [1.807, 2.05) is 0 Å². The van der Waals surface area contributed by atoms with Gasteiger partial charge < -0.3 is 9.47 Å². The molecule has 0 spiro atoms. The first kappa shape index (κ1) is 14.4. The Kier molecular flexibility index (Phi) is 3.99. The Morgan fingerprint density at radius 2 is 1.65 bits per heavy atom. The van der Waals surface area contributed by atoms with Crippen LogP contribution < -0.4 is 9.47 Å². The number of halogens is 4. The SMILES string of the molecule is Cc1c(Cl)ncnc1Oc1ccc(OC(F)(F)F)cc1. The average molecular weight is 305 g/mol. The number of rotatable bonds is 3. The highest BCUT2D eigenvalue weighted by molar-refractivity contribution is 6.30. The van der Waals surface area contributed by atoms with Gasteiger partial charge in [0.15, 0.2) is 0 Å². The minimum atomic E-state index is -4.72. The van der Waals surface area contributed by atoms with E-state index < -0.39 is 6.36 Å². The Morgan fingerprint density at radius 3 is 2.25 bits per heavy atom. The van der Waals surface area contributed by atoms with Crippen molar-refractivity contribution in [2.45, 2.75) is 13.3 Å². The third kappa shape index (κ3) is 3.74. The lowest BCUT2D eigenvalue weighted by atomic mass is 10.3. The highest BCUT2D eigenvalue weighted by Gasteiger charge is 2.30. The van der Waals surface area contributed by atoms with Crippen LogP contribution in [0.2, 0.25) is 5.15 Å². The summed E-state index contributed by atoms with van der Waals surface area (Å²) in [5.74, 6) is 0.203. The maximum atomic E-state index is 12.0. The lowest BCUT2D eigenvalue weighted by Crippen LogP contribution is -2.16. The molecule has 0 aliphatic carbocycles. The van der Waals surface area contributed by atoms with E-state index in [1.54, 1.807) is 6.92 Å². The Balaban J connectivity index is 2.13. The van der Waals surface area contributed by atoms with Crippen LogP contribution in [0.5, 0.6) is 17.4 Å². The zero-order valence-electron chi connectivity index (χ0n) is 10.1. The lowest BCUT2D eigenvalue weighted by molar-refractivity contribution is -0.274. The Labute approximate surface area is 117 Å². The molecule has 2 rings (SSSR count). The van der Waals surface area contributed by atoms with Crippen molar-refractivity contribution in [1.82, 2.24) is 9.97 Å². The predicted molar refractivity (Wildman–Crippen MR) is 65.0 cm³/mol. The first-order valence-corrected chi connectivity index (χ1v) is 5.74. The normalized spacial score (nSPS) is 11.2.